The first-order valence-corrected chi connectivity index (χ1v) is 10.8. The minimum atomic E-state index is -0.635. The molecule has 1 aliphatic heterocycles. The number of aliphatic hydroxyl groups is 1. The summed E-state index contributed by atoms with van der Waals surface area (Å²) in [6.07, 6.45) is 4.19. The lowest BCUT2D eigenvalue weighted by molar-refractivity contribution is -0.164. The molecule has 4 N–H and O–H groups in total. The first-order valence-electron chi connectivity index (χ1n) is 10.8. The van der Waals surface area contributed by atoms with Crippen LogP contribution in [-0.2, 0) is 14.3 Å². The topological polar surface area (TPSA) is 107 Å². The quantitative estimate of drug-likeness (QED) is 0.452. The molecule has 2 aromatic carbocycles. The number of allylic oxidation sites excluding steroid dienone is 1. The van der Waals surface area contributed by atoms with Gasteiger partial charge in [0, 0.05) is 36.0 Å². The molecule has 7 nitrogen and oxygen atoms in total. The average Bonchev–Trinajstić information content (AvgIpc) is 3.23. The van der Waals surface area contributed by atoms with Crippen LogP contribution >= 0.6 is 0 Å². The largest absolute Gasteiger partial charge is 0.464 e. The minimum Gasteiger partial charge on any atom is -0.464 e. The summed E-state index contributed by atoms with van der Waals surface area (Å²) in [5, 5.41) is 13.2. The monoisotopic (exact) mass is 436 g/mol. The SMILES string of the molecule is CCO[C@@H]1OC(C(=O)Nc2ccccc2N)=C[C@H](c2coc3ccccc23)[C@@H]1CCCO. The zero-order chi connectivity index (χ0) is 22.5. The molecule has 0 aliphatic carbocycles. The Kier molecular flexibility index (Phi) is 6.78. The third-order valence-electron chi connectivity index (χ3n) is 5.71. The van der Waals surface area contributed by atoms with E-state index in [0.717, 1.165) is 16.5 Å². The predicted octanol–water partition coefficient (Wildman–Crippen LogP) is 4.40. The highest BCUT2D eigenvalue weighted by Crippen LogP contribution is 2.42. The van der Waals surface area contributed by atoms with Crippen LogP contribution in [0.1, 0.15) is 31.2 Å². The molecule has 0 bridgehead atoms. The Hall–Kier alpha value is -3.29. The van der Waals surface area contributed by atoms with E-state index >= 15 is 0 Å². The molecule has 4 rings (SSSR count). The molecule has 3 atom stereocenters. The Morgan fingerprint density at radius 1 is 1.19 bits per heavy atom. The second-order valence-electron chi connectivity index (χ2n) is 7.76. The van der Waals surface area contributed by atoms with E-state index in [-0.39, 0.29) is 24.2 Å². The van der Waals surface area contributed by atoms with Gasteiger partial charge in [-0.3, -0.25) is 4.79 Å². The molecule has 168 valence electrons. The highest BCUT2D eigenvalue weighted by molar-refractivity contribution is 6.04. The van der Waals surface area contributed by atoms with Gasteiger partial charge in [-0.05, 0) is 44.0 Å². The number of anilines is 2. The normalized spacial score (nSPS) is 20.6. The number of fused-ring (bicyclic) bond motifs is 1. The van der Waals surface area contributed by atoms with E-state index in [1.165, 1.54) is 0 Å². The number of furan rings is 1. The summed E-state index contributed by atoms with van der Waals surface area (Å²) in [5.41, 5.74) is 8.70. The van der Waals surface area contributed by atoms with Crippen LogP contribution in [0.5, 0.6) is 0 Å². The van der Waals surface area contributed by atoms with Crippen LogP contribution in [0.15, 0.2) is 71.0 Å². The van der Waals surface area contributed by atoms with Crippen LogP contribution in [0.25, 0.3) is 11.0 Å². The molecule has 2 heterocycles. The summed E-state index contributed by atoms with van der Waals surface area (Å²) in [6.45, 7) is 2.38. The maximum atomic E-state index is 13.1. The van der Waals surface area contributed by atoms with Crippen LogP contribution < -0.4 is 11.1 Å². The molecule has 0 saturated carbocycles. The molecule has 1 aliphatic rings. The number of carbonyl (C=O) groups excluding carboxylic acids is 1. The zero-order valence-electron chi connectivity index (χ0n) is 18.0. The fourth-order valence-corrected chi connectivity index (χ4v) is 4.17. The van der Waals surface area contributed by atoms with Gasteiger partial charge < -0.3 is 30.0 Å². The van der Waals surface area contributed by atoms with Crippen LogP contribution in [0.3, 0.4) is 0 Å². The van der Waals surface area contributed by atoms with Gasteiger partial charge in [-0.1, -0.05) is 30.3 Å². The number of ether oxygens (including phenoxy) is 2. The third-order valence-corrected chi connectivity index (χ3v) is 5.71. The van der Waals surface area contributed by atoms with Crippen LogP contribution in [0.4, 0.5) is 11.4 Å². The second-order valence-corrected chi connectivity index (χ2v) is 7.76. The summed E-state index contributed by atoms with van der Waals surface area (Å²) in [7, 11) is 0. The highest BCUT2D eigenvalue weighted by Gasteiger charge is 2.39. The third kappa shape index (κ3) is 4.49. The molecule has 0 unspecified atom stereocenters. The van der Waals surface area contributed by atoms with Crippen LogP contribution in [0, 0.1) is 5.92 Å². The van der Waals surface area contributed by atoms with Crippen molar-refractivity contribution < 1.29 is 23.8 Å². The fourth-order valence-electron chi connectivity index (χ4n) is 4.17. The summed E-state index contributed by atoms with van der Waals surface area (Å²) in [4.78, 5) is 13.1. The van der Waals surface area contributed by atoms with Crippen molar-refractivity contribution in [1.82, 2.24) is 0 Å². The number of carbonyl (C=O) groups is 1. The van der Waals surface area contributed by atoms with E-state index < -0.39 is 12.2 Å². The molecule has 0 fully saturated rings. The molecule has 0 saturated heterocycles. The minimum absolute atomic E-state index is 0.0680. The summed E-state index contributed by atoms with van der Waals surface area (Å²) in [5.74, 6) is -0.515. The number of benzene rings is 2. The van der Waals surface area contributed by atoms with E-state index in [1.807, 2.05) is 37.3 Å². The number of nitrogens with two attached hydrogens (primary N) is 1. The molecule has 1 aromatic heterocycles. The zero-order valence-corrected chi connectivity index (χ0v) is 18.0. The van der Waals surface area contributed by atoms with Gasteiger partial charge in [0.2, 0.25) is 6.29 Å². The van der Waals surface area contributed by atoms with Gasteiger partial charge in [0.25, 0.3) is 5.91 Å². The number of hydrogen-bond donors (Lipinski definition) is 3. The lowest BCUT2D eigenvalue weighted by atomic mass is 9.80. The molecule has 0 spiro atoms. The van der Waals surface area contributed by atoms with Crippen LogP contribution in [-0.4, -0.2) is 30.5 Å². The van der Waals surface area contributed by atoms with Crippen LogP contribution in [0.2, 0.25) is 0 Å². The predicted molar refractivity (Wildman–Crippen MR) is 123 cm³/mol. The number of aliphatic hydroxyl groups excluding tert-OH is 1. The van der Waals surface area contributed by atoms with Crippen molar-refractivity contribution in [2.75, 3.05) is 24.3 Å². The molecule has 3 aromatic rings. The van der Waals surface area contributed by atoms with Crippen molar-refractivity contribution in [3.63, 3.8) is 0 Å². The molecular weight excluding hydrogens is 408 g/mol. The van der Waals surface area contributed by atoms with E-state index in [0.29, 0.717) is 30.8 Å². The molecule has 0 radical (unpaired) electrons. The van der Waals surface area contributed by atoms with Gasteiger partial charge in [-0.25, -0.2) is 0 Å². The highest BCUT2D eigenvalue weighted by atomic mass is 16.7. The van der Waals surface area contributed by atoms with Crippen molar-refractivity contribution in [3.8, 4) is 0 Å². The summed E-state index contributed by atoms with van der Waals surface area (Å²) in [6, 6.07) is 14.9. The number of nitrogen functional groups attached to an aromatic ring is 1. The maximum absolute atomic E-state index is 13.1. The van der Waals surface area contributed by atoms with Crippen molar-refractivity contribution >= 4 is 28.3 Å². The molecule has 7 heteroatoms. The van der Waals surface area contributed by atoms with Crippen molar-refractivity contribution in [3.05, 3.63) is 72.2 Å². The number of amides is 1. The number of hydrogen-bond acceptors (Lipinski definition) is 6. The Labute approximate surface area is 186 Å². The Morgan fingerprint density at radius 3 is 2.75 bits per heavy atom. The maximum Gasteiger partial charge on any atom is 0.290 e. The standard InChI is InChI=1S/C25H28N2O5/c1-2-30-25-17(9-7-13-28)18(19-15-31-22-12-6-3-8-16(19)22)14-23(32-25)24(29)27-21-11-5-4-10-20(21)26/h3-6,8,10-12,14-15,17-18,25,28H,2,7,9,13,26H2,1H3,(H,27,29)/t17-,18-,25+/m0/s1. The lowest BCUT2D eigenvalue weighted by Gasteiger charge is -2.36. The van der Waals surface area contributed by atoms with E-state index in [1.54, 1.807) is 30.5 Å². The van der Waals surface area contributed by atoms with Crippen molar-refractivity contribution in [2.45, 2.75) is 32.0 Å². The van der Waals surface area contributed by atoms with E-state index in [4.69, 9.17) is 19.6 Å². The molecule has 1 amide bonds. The Morgan fingerprint density at radius 2 is 1.97 bits per heavy atom. The van der Waals surface area contributed by atoms with Gasteiger partial charge in [0.1, 0.15) is 5.58 Å². The molecule has 32 heavy (non-hydrogen) atoms. The van der Waals surface area contributed by atoms with Gasteiger partial charge in [-0.15, -0.1) is 0 Å². The van der Waals surface area contributed by atoms with Gasteiger partial charge >= 0.3 is 0 Å². The van der Waals surface area contributed by atoms with Crippen molar-refractivity contribution in [1.29, 1.82) is 0 Å². The Bertz CT molecular complexity index is 1110. The number of nitrogens with one attached hydrogen (secondary N) is 1. The first kappa shape index (κ1) is 21.9. The van der Waals surface area contributed by atoms with Gasteiger partial charge in [0.05, 0.1) is 17.6 Å². The van der Waals surface area contributed by atoms with E-state index in [2.05, 4.69) is 5.32 Å². The second kappa shape index (κ2) is 9.89. The lowest BCUT2D eigenvalue weighted by Crippen LogP contribution is -2.37. The van der Waals surface area contributed by atoms with Crippen molar-refractivity contribution in [2.24, 2.45) is 5.92 Å². The number of para-hydroxylation sites is 3. The van der Waals surface area contributed by atoms with Gasteiger partial charge in [0.15, 0.2) is 5.76 Å². The van der Waals surface area contributed by atoms with Gasteiger partial charge in [-0.2, -0.15) is 0 Å². The average molecular weight is 437 g/mol. The fraction of sp³-hybridized carbons (Fsp3) is 0.320. The Balaban J connectivity index is 1.73. The van der Waals surface area contributed by atoms with E-state index in [9.17, 15) is 9.90 Å². The summed E-state index contributed by atoms with van der Waals surface area (Å²) >= 11 is 0. The molecular formula is C25H28N2O5. The first-order chi connectivity index (χ1) is 15.6. The smallest absolute Gasteiger partial charge is 0.290 e. The number of rotatable bonds is 8. The summed E-state index contributed by atoms with van der Waals surface area (Å²) < 4.78 is 17.7.